The lowest BCUT2D eigenvalue weighted by Crippen LogP contribution is -2.22. The standard InChI is InChI=1S/C22H17N3O3S/c23-17-13-11-16(12-14-17)15-20-21(29(27,28)19-9-5-2-6-10-19)24-25(22(20)26)18-7-3-1-4-8-18/h1-15H,23H2/b20-15-. The van der Waals surface area contributed by atoms with Crippen LogP contribution in [0.4, 0.5) is 11.4 Å². The van der Waals surface area contributed by atoms with Crippen molar-refractivity contribution in [2.45, 2.75) is 4.90 Å². The van der Waals surface area contributed by atoms with Crippen molar-refractivity contribution in [3.63, 3.8) is 0 Å². The van der Waals surface area contributed by atoms with Crippen LogP contribution >= 0.6 is 0 Å². The summed E-state index contributed by atoms with van der Waals surface area (Å²) in [5, 5.41) is 5.03. The number of hydrogen-bond acceptors (Lipinski definition) is 5. The Morgan fingerprint density at radius 2 is 1.41 bits per heavy atom. The van der Waals surface area contributed by atoms with E-state index in [4.69, 9.17) is 5.73 Å². The quantitative estimate of drug-likeness (QED) is 0.535. The highest BCUT2D eigenvalue weighted by atomic mass is 32.2. The molecule has 1 amide bonds. The number of nitrogen functional groups attached to an aromatic ring is 1. The Bertz CT molecular complexity index is 1220. The first-order valence-corrected chi connectivity index (χ1v) is 10.3. The van der Waals surface area contributed by atoms with Crippen molar-refractivity contribution >= 4 is 38.2 Å². The van der Waals surface area contributed by atoms with Crippen LogP contribution in [0.5, 0.6) is 0 Å². The zero-order valence-corrected chi connectivity index (χ0v) is 16.1. The van der Waals surface area contributed by atoms with Gasteiger partial charge >= 0.3 is 0 Å². The molecule has 144 valence electrons. The van der Waals surface area contributed by atoms with E-state index < -0.39 is 15.7 Å². The Hall–Kier alpha value is -3.71. The monoisotopic (exact) mass is 403 g/mol. The highest BCUT2D eigenvalue weighted by Gasteiger charge is 2.39. The molecule has 4 rings (SSSR count). The fourth-order valence-corrected chi connectivity index (χ4v) is 4.30. The summed E-state index contributed by atoms with van der Waals surface area (Å²) in [5.74, 6) is -0.512. The van der Waals surface area contributed by atoms with Crippen LogP contribution in [0.1, 0.15) is 5.56 Å². The van der Waals surface area contributed by atoms with E-state index in [0.717, 1.165) is 5.01 Å². The number of hydrogen-bond donors (Lipinski definition) is 1. The molecular weight excluding hydrogens is 386 g/mol. The predicted molar refractivity (Wildman–Crippen MR) is 114 cm³/mol. The maximum Gasteiger partial charge on any atom is 0.281 e. The number of benzene rings is 3. The molecule has 2 N–H and O–H groups in total. The van der Waals surface area contributed by atoms with Crippen molar-refractivity contribution in [1.82, 2.24) is 0 Å². The number of carbonyl (C=O) groups excluding carboxylic acids is 1. The minimum absolute atomic E-state index is 0.00229. The first-order valence-electron chi connectivity index (χ1n) is 8.83. The summed E-state index contributed by atoms with van der Waals surface area (Å²) >= 11 is 0. The zero-order chi connectivity index (χ0) is 20.4. The zero-order valence-electron chi connectivity index (χ0n) is 15.3. The lowest BCUT2D eigenvalue weighted by Gasteiger charge is -2.10. The lowest BCUT2D eigenvalue weighted by atomic mass is 10.1. The molecule has 0 aliphatic carbocycles. The van der Waals surface area contributed by atoms with Crippen LogP contribution < -0.4 is 10.7 Å². The molecule has 1 heterocycles. The molecule has 0 saturated heterocycles. The van der Waals surface area contributed by atoms with Gasteiger partial charge in [0.1, 0.15) is 0 Å². The average molecular weight is 403 g/mol. The molecule has 1 aliphatic rings. The van der Waals surface area contributed by atoms with Gasteiger partial charge in [-0.2, -0.15) is 10.1 Å². The highest BCUT2D eigenvalue weighted by Crippen LogP contribution is 2.29. The Labute approximate surface area is 168 Å². The Morgan fingerprint density at radius 3 is 2.03 bits per heavy atom. The number of nitrogens with zero attached hydrogens (tertiary/aromatic N) is 2. The summed E-state index contributed by atoms with van der Waals surface area (Å²) in [6.45, 7) is 0. The third-order valence-electron chi connectivity index (χ3n) is 4.40. The molecule has 0 radical (unpaired) electrons. The minimum Gasteiger partial charge on any atom is -0.399 e. The van der Waals surface area contributed by atoms with E-state index in [1.807, 2.05) is 0 Å². The molecular formula is C22H17N3O3S. The number of amides is 1. The molecule has 0 spiro atoms. The van der Waals surface area contributed by atoms with Gasteiger partial charge in [0.25, 0.3) is 5.91 Å². The van der Waals surface area contributed by atoms with Crippen molar-refractivity contribution in [3.05, 3.63) is 96.1 Å². The number of nitrogens with two attached hydrogens (primary N) is 1. The van der Waals surface area contributed by atoms with Gasteiger partial charge < -0.3 is 5.73 Å². The number of carbonyl (C=O) groups is 1. The molecule has 7 heteroatoms. The second-order valence-electron chi connectivity index (χ2n) is 6.40. The van der Waals surface area contributed by atoms with Crippen LogP contribution in [-0.2, 0) is 14.6 Å². The van der Waals surface area contributed by atoms with E-state index in [2.05, 4.69) is 5.10 Å². The molecule has 3 aromatic rings. The van der Waals surface area contributed by atoms with E-state index in [1.54, 1.807) is 72.8 Å². The Kier molecular flexibility index (Phi) is 4.74. The molecule has 3 aromatic carbocycles. The van der Waals surface area contributed by atoms with E-state index in [1.165, 1.54) is 18.2 Å². The fourth-order valence-electron chi connectivity index (χ4n) is 2.93. The summed E-state index contributed by atoms with van der Waals surface area (Å²) < 4.78 is 26.5. The lowest BCUT2D eigenvalue weighted by molar-refractivity contribution is -0.114. The van der Waals surface area contributed by atoms with Crippen LogP contribution in [-0.4, -0.2) is 19.4 Å². The van der Waals surface area contributed by atoms with E-state index >= 15 is 0 Å². The molecule has 6 nitrogen and oxygen atoms in total. The molecule has 0 saturated carbocycles. The first kappa shape index (κ1) is 18.6. The van der Waals surface area contributed by atoms with Gasteiger partial charge in [0.15, 0.2) is 5.04 Å². The summed E-state index contributed by atoms with van der Waals surface area (Å²) in [4.78, 5) is 13.2. The smallest absolute Gasteiger partial charge is 0.281 e. The third kappa shape index (κ3) is 3.55. The number of sulfone groups is 1. The summed E-state index contributed by atoms with van der Waals surface area (Å²) in [6, 6.07) is 23.4. The van der Waals surface area contributed by atoms with Crippen molar-refractivity contribution in [2.24, 2.45) is 5.10 Å². The van der Waals surface area contributed by atoms with Crippen LogP contribution in [0.3, 0.4) is 0 Å². The number of para-hydroxylation sites is 1. The van der Waals surface area contributed by atoms with Crippen LogP contribution in [0.15, 0.2) is 100 Å². The van der Waals surface area contributed by atoms with Gasteiger partial charge in [0.2, 0.25) is 9.84 Å². The first-order chi connectivity index (χ1) is 14.0. The van der Waals surface area contributed by atoms with Gasteiger partial charge in [-0.15, -0.1) is 0 Å². The second kappa shape index (κ2) is 7.37. The normalized spacial score (nSPS) is 15.6. The number of anilines is 2. The summed E-state index contributed by atoms with van der Waals surface area (Å²) in [7, 11) is -4.00. The maximum atomic E-state index is 13.2. The molecule has 0 bridgehead atoms. The summed E-state index contributed by atoms with van der Waals surface area (Å²) in [6.07, 6.45) is 1.52. The molecule has 0 aromatic heterocycles. The largest absolute Gasteiger partial charge is 0.399 e. The molecule has 0 unspecified atom stereocenters. The number of hydrazone groups is 1. The van der Waals surface area contributed by atoms with Crippen molar-refractivity contribution < 1.29 is 13.2 Å². The molecule has 0 atom stereocenters. The van der Waals surface area contributed by atoms with Gasteiger partial charge in [-0.3, -0.25) is 4.79 Å². The van der Waals surface area contributed by atoms with Gasteiger partial charge in [-0.1, -0.05) is 48.5 Å². The third-order valence-corrected chi connectivity index (χ3v) is 6.10. The minimum atomic E-state index is -4.00. The Morgan fingerprint density at radius 1 is 0.828 bits per heavy atom. The van der Waals surface area contributed by atoms with Crippen molar-refractivity contribution in [3.8, 4) is 0 Å². The van der Waals surface area contributed by atoms with Gasteiger partial charge in [-0.05, 0) is 48.0 Å². The van der Waals surface area contributed by atoms with E-state index in [9.17, 15) is 13.2 Å². The summed E-state index contributed by atoms with van der Waals surface area (Å²) in [5.41, 5.74) is 7.42. The molecule has 29 heavy (non-hydrogen) atoms. The Balaban J connectivity index is 1.87. The van der Waals surface area contributed by atoms with Gasteiger partial charge in [-0.25, -0.2) is 8.42 Å². The molecule has 0 fully saturated rings. The topological polar surface area (TPSA) is 92.8 Å². The van der Waals surface area contributed by atoms with Crippen LogP contribution in [0.25, 0.3) is 6.08 Å². The van der Waals surface area contributed by atoms with Gasteiger partial charge in [0.05, 0.1) is 16.2 Å². The van der Waals surface area contributed by atoms with Crippen molar-refractivity contribution in [2.75, 3.05) is 10.7 Å². The highest BCUT2D eigenvalue weighted by molar-refractivity contribution is 8.07. The molecule has 1 aliphatic heterocycles. The van der Waals surface area contributed by atoms with Gasteiger partial charge in [0, 0.05) is 5.69 Å². The maximum absolute atomic E-state index is 13.2. The van der Waals surface area contributed by atoms with Crippen LogP contribution in [0.2, 0.25) is 0 Å². The van der Waals surface area contributed by atoms with E-state index in [-0.39, 0.29) is 15.5 Å². The fraction of sp³-hybridized carbons (Fsp3) is 0. The average Bonchev–Trinajstić information content (AvgIpc) is 3.08. The SMILES string of the molecule is Nc1ccc(/C=C2\C(=O)N(c3ccccc3)N=C2S(=O)(=O)c2ccccc2)cc1. The van der Waals surface area contributed by atoms with Crippen molar-refractivity contribution in [1.29, 1.82) is 0 Å². The second-order valence-corrected chi connectivity index (χ2v) is 8.26. The van der Waals surface area contributed by atoms with Crippen LogP contribution in [0, 0.1) is 0 Å². The predicted octanol–water partition coefficient (Wildman–Crippen LogP) is 3.49. The van der Waals surface area contributed by atoms with E-state index in [0.29, 0.717) is 16.9 Å². The number of rotatable bonds is 3.